The van der Waals surface area contributed by atoms with Crippen LogP contribution in [0.1, 0.15) is 65.2 Å². The van der Waals surface area contributed by atoms with Crippen molar-refractivity contribution in [1.82, 2.24) is 20.9 Å². The van der Waals surface area contributed by atoms with Crippen molar-refractivity contribution in [3.63, 3.8) is 0 Å². The van der Waals surface area contributed by atoms with Crippen LogP contribution in [0.2, 0.25) is 0 Å². The lowest BCUT2D eigenvalue weighted by Gasteiger charge is -2.25. The van der Waals surface area contributed by atoms with Gasteiger partial charge in [-0.15, -0.1) is 0 Å². The number of carboxylic acids is 1. The first-order chi connectivity index (χ1) is 18.5. The molecule has 39 heavy (non-hydrogen) atoms. The Hall–Kier alpha value is -2.93. The van der Waals surface area contributed by atoms with Crippen LogP contribution in [0.25, 0.3) is 0 Å². The number of rotatable bonds is 20. The van der Waals surface area contributed by atoms with Gasteiger partial charge in [-0.25, -0.2) is 4.79 Å². The van der Waals surface area contributed by atoms with Gasteiger partial charge < -0.3 is 26.8 Å². The largest absolute Gasteiger partial charge is 0.480 e. The van der Waals surface area contributed by atoms with Crippen LogP contribution >= 0.6 is 11.8 Å². The van der Waals surface area contributed by atoms with Gasteiger partial charge in [-0.1, -0.05) is 20.3 Å². The van der Waals surface area contributed by atoms with E-state index in [4.69, 9.17) is 5.73 Å². The van der Waals surface area contributed by atoms with Gasteiger partial charge in [-0.3, -0.25) is 28.9 Å². The first kappa shape index (κ1) is 34.1. The summed E-state index contributed by atoms with van der Waals surface area (Å²) in [5.74, 6) is -2.51. The minimum atomic E-state index is -1.17. The molecule has 0 saturated carbocycles. The lowest BCUT2D eigenvalue weighted by atomic mass is 10.0. The Balaban J connectivity index is 2.31. The van der Waals surface area contributed by atoms with Gasteiger partial charge in [0.25, 0.3) is 11.8 Å². The number of aliphatic carboxylic acids is 1. The third-order valence-corrected chi connectivity index (χ3v) is 6.90. The number of carbonyl (C=O) groups is 6. The molecule has 1 aliphatic heterocycles. The maximum absolute atomic E-state index is 12.8. The highest BCUT2D eigenvalue weighted by Crippen LogP contribution is 2.09. The van der Waals surface area contributed by atoms with E-state index in [1.807, 2.05) is 6.26 Å². The van der Waals surface area contributed by atoms with Crippen molar-refractivity contribution < 1.29 is 33.9 Å². The molecular weight excluding hydrogens is 526 g/mol. The predicted molar refractivity (Wildman–Crippen MR) is 148 cm³/mol. The normalized spacial score (nSPS) is 15.3. The molecule has 0 unspecified atom stereocenters. The number of carbonyl (C=O) groups excluding carboxylic acids is 5. The van der Waals surface area contributed by atoms with Crippen LogP contribution in [-0.2, 0) is 28.8 Å². The molecule has 0 aliphatic carbocycles. The molecule has 1 rings (SSSR count). The molecule has 13 heteroatoms. The molecule has 0 bridgehead atoms. The molecule has 12 nitrogen and oxygen atoms in total. The number of hydrogen-bond donors (Lipinski definition) is 5. The van der Waals surface area contributed by atoms with Crippen molar-refractivity contribution in [2.75, 3.05) is 25.1 Å². The van der Waals surface area contributed by atoms with Crippen molar-refractivity contribution in [1.29, 1.82) is 0 Å². The average Bonchev–Trinajstić information content (AvgIpc) is 3.20. The third kappa shape index (κ3) is 13.1. The van der Waals surface area contributed by atoms with Crippen LogP contribution in [0.4, 0.5) is 0 Å². The number of nitrogens with one attached hydrogen (secondary N) is 3. The molecule has 5 amide bonds. The summed E-state index contributed by atoms with van der Waals surface area (Å²) in [6.07, 6.45) is 8.30. The highest BCUT2D eigenvalue weighted by molar-refractivity contribution is 7.98. The summed E-state index contributed by atoms with van der Waals surface area (Å²) in [5, 5.41) is 17.5. The fourth-order valence-electron chi connectivity index (χ4n) is 3.86. The molecule has 0 aromatic heterocycles. The molecule has 0 radical (unpaired) electrons. The fraction of sp³-hybridized carbons (Fsp3) is 0.692. The Labute approximate surface area is 234 Å². The minimum absolute atomic E-state index is 0.126. The van der Waals surface area contributed by atoms with E-state index in [2.05, 4.69) is 16.0 Å². The number of amides is 5. The third-order valence-electron chi connectivity index (χ3n) is 6.26. The van der Waals surface area contributed by atoms with Gasteiger partial charge in [-0.2, -0.15) is 11.8 Å². The molecular formula is C26H43N5O7S. The summed E-state index contributed by atoms with van der Waals surface area (Å²) in [5.41, 5.74) is 5.88. The molecule has 1 heterocycles. The van der Waals surface area contributed by atoms with Gasteiger partial charge in [-0.05, 0) is 56.5 Å². The van der Waals surface area contributed by atoms with Gasteiger partial charge in [0.1, 0.15) is 12.1 Å². The summed E-state index contributed by atoms with van der Waals surface area (Å²) < 4.78 is 0. The van der Waals surface area contributed by atoms with E-state index in [-0.39, 0.29) is 30.1 Å². The van der Waals surface area contributed by atoms with Crippen LogP contribution in [0.3, 0.4) is 0 Å². The number of imide groups is 1. The fourth-order valence-corrected chi connectivity index (χ4v) is 4.35. The maximum atomic E-state index is 12.8. The van der Waals surface area contributed by atoms with E-state index in [1.165, 1.54) is 17.1 Å². The van der Waals surface area contributed by atoms with Gasteiger partial charge in [0.05, 0.1) is 6.04 Å². The molecule has 0 fully saturated rings. The highest BCUT2D eigenvalue weighted by Gasteiger charge is 2.29. The minimum Gasteiger partial charge on any atom is -0.480 e. The Bertz CT molecular complexity index is 878. The van der Waals surface area contributed by atoms with Gasteiger partial charge in [0.15, 0.2) is 0 Å². The monoisotopic (exact) mass is 569 g/mol. The first-order valence-corrected chi connectivity index (χ1v) is 14.8. The molecule has 0 spiro atoms. The van der Waals surface area contributed by atoms with Crippen molar-refractivity contribution in [3.8, 4) is 0 Å². The molecule has 3 atom stereocenters. The lowest BCUT2D eigenvalue weighted by molar-refractivity contribution is -0.142. The second-order valence-corrected chi connectivity index (χ2v) is 10.8. The summed E-state index contributed by atoms with van der Waals surface area (Å²) in [6.45, 7) is 4.22. The van der Waals surface area contributed by atoms with Crippen LogP contribution in [0.5, 0.6) is 0 Å². The molecule has 0 saturated heterocycles. The summed E-state index contributed by atoms with van der Waals surface area (Å²) >= 11 is 1.56. The second-order valence-electron chi connectivity index (χ2n) is 9.84. The molecule has 1 aliphatic rings. The smallest absolute Gasteiger partial charge is 0.326 e. The quantitative estimate of drug-likeness (QED) is 0.103. The number of carboxylic acid groups (broad SMARTS) is 1. The number of nitrogens with zero attached hydrogens (tertiary/aromatic N) is 1. The number of thioether (sulfide) groups is 1. The maximum Gasteiger partial charge on any atom is 0.326 e. The molecule has 0 aromatic rings. The topological polar surface area (TPSA) is 188 Å². The van der Waals surface area contributed by atoms with E-state index in [0.717, 1.165) is 0 Å². The number of hydrogen-bond acceptors (Lipinski definition) is 8. The Morgan fingerprint density at radius 2 is 1.62 bits per heavy atom. The van der Waals surface area contributed by atoms with Gasteiger partial charge in [0, 0.05) is 31.7 Å². The standard InChI is InChI=1S/C26H43N5O7S/c1-17(2)23(30-24(35)18(27)13-16-39-3)25(36)29-19(26(37)38)9-6-7-14-28-20(32)10-5-4-8-15-31-21(33)11-12-22(31)34/h11-12,17-19,23H,4-10,13-16,27H2,1-3H3,(H,28,32)(H,29,36)(H,30,35)(H,37,38)/t18-,19-,23-/m0/s1. The van der Waals surface area contributed by atoms with Crippen LogP contribution < -0.4 is 21.7 Å². The van der Waals surface area contributed by atoms with E-state index in [9.17, 15) is 33.9 Å². The Morgan fingerprint density at radius 1 is 0.949 bits per heavy atom. The zero-order chi connectivity index (χ0) is 29.4. The number of nitrogens with two attached hydrogens (primary N) is 1. The van der Waals surface area contributed by atoms with E-state index in [0.29, 0.717) is 63.8 Å². The zero-order valence-corrected chi connectivity index (χ0v) is 23.9. The van der Waals surface area contributed by atoms with E-state index in [1.54, 1.807) is 25.6 Å². The molecule has 0 aromatic carbocycles. The zero-order valence-electron chi connectivity index (χ0n) is 23.1. The van der Waals surface area contributed by atoms with Crippen LogP contribution in [-0.4, -0.2) is 88.7 Å². The highest BCUT2D eigenvalue weighted by atomic mass is 32.2. The predicted octanol–water partition coefficient (Wildman–Crippen LogP) is 0.549. The van der Waals surface area contributed by atoms with Crippen LogP contribution in [0, 0.1) is 5.92 Å². The Morgan fingerprint density at radius 3 is 2.21 bits per heavy atom. The lowest BCUT2D eigenvalue weighted by Crippen LogP contribution is -2.56. The Kier molecular flexibility index (Phi) is 16.1. The van der Waals surface area contributed by atoms with Crippen molar-refractivity contribution in [3.05, 3.63) is 12.2 Å². The van der Waals surface area contributed by atoms with Crippen molar-refractivity contribution in [2.45, 2.75) is 83.3 Å². The van der Waals surface area contributed by atoms with Gasteiger partial charge in [0.2, 0.25) is 17.7 Å². The first-order valence-electron chi connectivity index (χ1n) is 13.4. The summed E-state index contributed by atoms with van der Waals surface area (Å²) in [4.78, 5) is 73.0. The molecule has 6 N–H and O–H groups in total. The van der Waals surface area contributed by atoms with Crippen molar-refractivity contribution in [2.24, 2.45) is 11.7 Å². The molecule has 220 valence electrons. The number of unbranched alkanes of at least 4 members (excludes halogenated alkanes) is 3. The van der Waals surface area contributed by atoms with Crippen LogP contribution in [0.15, 0.2) is 12.2 Å². The van der Waals surface area contributed by atoms with E-state index >= 15 is 0 Å². The SMILES string of the molecule is CSCC[C@H](N)C(=O)N[C@H](C(=O)N[C@@H](CCCCNC(=O)CCCCCN1C(=O)C=CC1=O)C(=O)O)C(C)C. The summed E-state index contributed by atoms with van der Waals surface area (Å²) in [7, 11) is 0. The van der Waals surface area contributed by atoms with Crippen molar-refractivity contribution >= 4 is 47.3 Å². The van der Waals surface area contributed by atoms with E-state index < -0.39 is 35.9 Å². The second kappa shape index (κ2) is 18.4. The van der Waals surface area contributed by atoms with Gasteiger partial charge >= 0.3 is 5.97 Å². The summed E-state index contributed by atoms with van der Waals surface area (Å²) in [6, 6.07) is -2.78. The average molecular weight is 570 g/mol.